The van der Waals surface area contributed by atoms with Crippen LogP contribution in [0.3, 0.4) is 0 Å². The highest BCUT2D eigenvalue weighted by molar-refractivity contribution is 5.95. The minimum Gasteiger partial charge on any atom is -0.383 e. The number of carbonyl (C=O) groups is 1. The summed E-state index contributed by atoms with van der Waals surface area (Å²) in [7, 11) is 0. The first-order valence-corrected chi connectivity index (χ1v) is 11.2. The molecule has 0 atom stereocenters. The number of rotatable bonds is 3. The molecule has 1 amide bonds. The van der Waals surface area contributed by atoms with Crippen LogP contribution in [0.5, 0.6) is 0 Å². The zero-order valence-corrected chi connectivity index (χ0v) is 18.5. The lowest BCUT2D eigenvalue weighted by molar-refractivity contribution is -0.0245. The zero-order valence-electron chi connectivity index (χ0n) is 18.5. The van der Waals surface area contributed by atoms with Gasteiger partial charge in [-0.15, -0.1) is 0 Å². The molecule has 3 heterocycles. The summed E-state index contributed by atoms with van der Waals surface area (Å²) < 4.78 is 13.6. The van der Waals surface area contributed by atoms with Crippen molar-refractivity contribution in [1.82, 2.24) is 9.88 Å². The Hall–Kier alpha value is -3.51. The van der Waals surface area contributed by atoms with Gasteiger partial charge in [0.1, 0.15) is 11.4 Å². The third-order valence-electron chi connectivity index (χ3n) is 6.61. The summed E-state index contributed by atoms with van der Waals surface area (Å²) in [6, 6.07) is 18.8. The summed E-state index contributed by atoms with van der Waals surface area (Å²) in [4.78, 5) is 21.3. The number of halogens is 1. The van der Waals surface area contributed by atoms with E-state index in [0.717, 1.165) is 17.9 Å². The molecule has 1 aromatic heterocycles. The van der Waals surface area contributed by atoms with Crippen LogP contribution in [0.1, 0.15) is 40.2 Å². The summed E-state index contributed by atoms with van der Waals surface area (Å²) >= 11 is 0. The van der Waals surface area contributed by atoms with E-state index in [0.29, 0.717) is 37.2 Å². The van der Waals surface area contributed by atoms with E-state index in [2.05, 4.69) is 34.2 Å². The van der Waals surface area contributed by atoms with Gasteiger partial charge in [0.25, 0.3) is 5.91 Å². The summed E-state index contributed by atoms with van der Waals surface area (Å²) in [6.45, 7) is 3.20. The lowest BCUT2D eigenvalue weighted by Gasteiger charge is -2.38. The molecule has 33 heavy (non-hydrogen) atoms. The highest BCUT2D eigenvalue weighted by Gasteiger charge is 2.37. The van der Waals surface area contributed by atoms with Gasteiger partial charge >= 0.3 is 0 Å². The van der Waals surface area contributed by atoms with Crippen LogP contribution in [0.4, 0.5) is 15.8 Å². The van der Waals surface area contributed by atoms with Crippen LogP contribution >= 0.6 is 0 Å². The molecule has 0 aliphatic carbocycles. The Bertz CT molecular complexity index is 1210. The van der Waals surface area contributed by atoms with Crippen molar-refractivity contribution in [1.29, 1.82) is 0 Å². The third kappa shape index (κ3) is 4.02. The number of aryl methyl sites for hydroxylation is 1. The molecule has 6 heteroatoms. The molecule has 2 aromatic carbocycles. The van der Waals surface area contributed by atoms with E-state index in [1.54, 1.807) is 11.8 Å². The molecule has 1 N–H and O–H groups in total. The van der Waals surface area contributed by atoms with Crippen LogP contribution in [-0.2, 0) is 5.60 Å². The van der Waals surface area contributed by atoms with Crippen molar-refractivity contribution in [3.05, 3.63) is 95.1 Å². The molecule has 0 saturated carbocycles. The number of benzene rings is 2. The Balaban J connectivity index is 1.27. The SMILES string of the molecule is Cc1nc(C2(O)CCN(C(=O)c3ccc(N4CC=Cc5ccccc54)cc3)CC2)ccc1F. The fraction of sp³-hybridized carbons (Fsp3) is 0.259. The molecule has 2 aliphatic heterocycles. The second-order valence-corrected chi connectivity index (χ2v) is 8.71. The quantitative estimate of drug-likeness (QED) is 0.631. The van der Waals surface area contributed by atoms with Gasteiger partial charge < -0.3 is 14.9 Å². The molecule has 2 aliphatic rings. The molecule has 5 nitrogen and oxygen atoms in total. The largest absolute Gasteiger partial charge is 0.383 e. The smallest absolute Gasteiger partial charge is 0.253 e. The number of para-hydroxylation sites is 1. The van der Waals surface area contributed by atoms with Gasteiger partial charge in [-0.25, -0.2) is 4.39 Å². The van der Waals surface area contributed by atoms with E-state index < -0.39 is 5.60 Å². The maximum absolute atomic E-state index is 13.6. The number of nitrogens with zero attached hydrogens (tertiary/aromatic N) is 3. The van der Waals surface area contributed by atoms with E-state index in [1.807, 2.05) is 36.4 Å². The molecular formula is C27H26FN3O2. The number of hydrogen-bond donors (Lipinski definition) is 1. The lowest BCUT2D eigenvalue weighted by Crippen LogP contribution is -2.45. The second-order valence-electron chi connectivity index (χ2n) is 8.71. The molecule has 0 unspecified atom stereocenters. The average Bonchev–Trinajstić information content (AvgIpc) is 2.85. The van der Waals surface area contributed by atoms with Crippen molar-refractivity contribution >= 4 is 23.4 Å². The van der Waals surface area contributed by atoms with Crippen molar-refractivity contribution < 1.29 is 14.3 Å². The fourth-order valence-corrected chi connectivity index (χ4v) is 4.61. The number of fused-ring (bicyclic) bond motifs is 1. The van der Waals surface area contributed by atoms with Crippen molar-refractivity contribution in [3.63, 3.8) is 0 Å². The van der Waals surface area contributed by atoms with Crippen molar-refractivity contribution in [3.8, 4) is 0 Å². The van der Waals surface area contributed by atoms with E-state index in [-0.39, 0.29) is 17.4 Å². The fourth-order valence-electron chi connectivity index (χ4n) is 4.61. The number of aromatic nitrogens is 1. The number of anilines is 2. The molecule has 1 saturated heterocycles. The summed E-state index contributed by atoms with van der Waals surface area (Å²) in [5.74, 6) is -0.437. The topological polar surface area (TPSA) is 56.7 Å². The molecule has 0 spiro atoms. The number of hydrogen-bond acceptors (Lipinski definition) is 4. The average molecular weight is 444 g/mol. The number of pyridine rings is 1. The van der Waals surface area contributed by atoms with Crippen molar-refractivity contribution in [2.24, 2.45) is 0 Å². The molecular weight excluding hydrogens is 417 g/mol. The van der Waals surface area contributed by atoms with E-state index in [1.165, 1.54) is 17.7 Å². The summed E-state index contributed by atoms with van der Waals surface area (Å²) in [6.07, 6.45) is 5.00. The maximum Gasteiger partial charge on any atom is 0.253 e. The molecule has 1 fully saturated rings. The monoisotopic (exact) mass is 443 g/mol. The summed E-state index contributed by atoms with van der Waals surface area (Å²) in [5.41, 5.74) is 3.58. The van der Waals surface area contributed by atoms with E-state index in [4.69, 9.17) is 0 Å². The van der Waals surface area contributed by atoms with Gasteiger partial charge in [-0.1, -0.05) is 30.4 Å². The Kier molecular flexibility index (Phi) is 5.46. The van der Waals surface area contributed by atoms with Gasteiger partial charge in [0.2, 0.25) is 0 Å². The van der Waals surface area contributed by atoms with Gasteiger partial charge in [0.15, 0.2) is 0 Å². The highest BCUT2D eigenvalue weighted by Crippen LogP contribution is 2.34. The Morgan fingerprint density at radius 3 is 2.48 bits per heavy atom. The Morgan fingerprint density at radius 2 is 1.76 bits per heavy atom. The zero-order chi connectivity index (χ0) is 23.0. The minimum atomic E-state index is -1.14. The first-order valence-electron chi connectivity index (χ1n) is 11.2. The van der Waals surface area contributed by atoms with Crippen LogP contribution < -0.4 is 4.90 Å². The first-order chi connectivity index (χ1) is 15.9. The van der Waals surface area contributed by atoms with Crippen molar-refractivity contribution in [2.75, 3.05) is 24.5 Å². The van der Waals surface area contributed by atoms with Crippen LogP contribution in [0.2, 0.25) is 0 Å². The minimum absolute atomic E-state index is 0.0502. The number of piperidine rings is 1. The predicted molar refractivity (Wildman–Crippen MR) is 127 cm³/mol. The van der Waals surface area contributed by atoms with E-state index >= 15 is 0 Å². The first kappa shape index (κ1) is 21.3. The lowest BCUT2D eigenvalue weighted by atomic mass is 9.87. The maximum atomic E-state index is 13.6. The molecule has 168 valence electrons. The molecule has 3 aromatic rings. The van der Waals surface area contributed by atoms with Gasteiger partial charge in [0.05, 0.1) is 11.4 Å². The van der Waals surface area contributed by atoms with Gasteiger partial charge in [0, 0.05) is 36.6 Å². The standard InChI is InChI=1S/C27H26FN3O2/c1-19-23(28)12-13-25(29-19)27(33)14-17-30(18-15-27)26(32)21-8-10-22(11-9-21)31-16-4-6-20-5-2-3-7-24(20)31/h2-13,33H,14-18H2,1H3. The van der Waals surface area contributed by atoms with Gasteiger partial charge in [-0.3, -0.25) is 9.78 Å². The number of amides is 1. The van der Waals surface area contributed by atoms with Crippen LogP contribution in [-0.4, -0.2) is 40.5 Å². The summed E-state index contributed by atoms with van der Waals surface area (Å²) in [5, 5.41) is 11.1. The Morgan fingerprint density at radius 1 is 1.03 bits per heavy atom. The van der Waals surface area contributed by atoms with Crippen molar-refractivity contribution in [2.45, 2.75) is 25.4 Å². The van der Waals surface area contributed by atoms with Crippen LogP contribution in [0, 0.1) is 12.7 Å². The normalized spacial score (nSPS) is 17.1. The molecule has 0 radical (unpaired) electrons. The van der Waals surface area contributed by atoms with Gasteiger partial charge in [-0.05, 0) is 67.8 Å². The predicted octanol–water partition coefficient (Wildman–Crippen LogP) is 4.82. The Labute approximate surface area is 192 Å². The van der Waals surface area contributed by atoms with E-state index in [9.17, 15) is 14.3 Å². The van der Waals surface area contributed by atoms with Crippen LogP contribution in [0.25, 0.3) is 6.08 Å². The van der Waals surface area contributed by atoms with Gasteiger partial charge in [-0.2, -0.15) is 0 Å². The molecule has 5 rings (SSSR count). The number of likely N-dealkylation sites (tertiary alicyclic amines) is 1. The number of carbonyl (C=O) groups excluding carboxylic acids is 1. The van der Waals surface area contributed by atoms with Crippen LogP contribution in [0.15, 0.2) is 66.7 Å². The third-order valence-corrected chi connectivity index (χ3v) is 6.61. The molecule has 0 bridgehead atoms. The highest BCUT2D eigenvalue weighted by atomic mass is 19.1. The second kappa shape index (κ2) is 8.45. The number of aliphatic hydroxyl groups is 1.